The number of rotatable bonds is 5. The average molecular weight is 253 g/mol. The van der Waals surface area contributed by atoms with E-state index in [9.17, 15) is 0 Å². The lowest BCUT2D eigenvalue weighted by atomic mass is 10.4. The van der Waals surface area contributed by atoms with E-state index in [1.165, 1.54) is 23.3 Å². The summed E-state index contributed by atoms with van der Waals surface area (Å²) in [5.74, 6) is 0.851. The van der Waals surface area contributed by atoms with Crippen LogP contribution in [0.1, 0.15) is 13.3 Å². The van der Waals surface area contributed by atoms with Crippen LogP contribution < -0.4 is 5.32 Å². The minimum atomic E-state index is 0.851. The first-order valence-electron chi connectivity index (χ1n) is 4.89. The fraction of sp³-hybridized carbons (Fsp3) is 0.333. The second kappa shape index (κ2) is 5.76. The molecule has 0 aromatic carbocycles. The topological polar surface area (TPSA) is 63.6 Å². The largest absolute Gasteiger partial charge is 0.370 e. The Labute approximate surface area is 102 Å². The minimum Gasteiger partial charge on any atom is -0.370 e. The molecule has 2 aromatic heterocycles. The number of anilines is 1. The summed E-state index contributed by atoms with van der Waals surface area (Å²) in [4.78, 5) is 12.4. The molecule has 0 bridgehead atoms. The van der Waals surface area contributed by atoms with Gasteiger partial charge in [-0.1, -0.05) is 6.92 Å². The first kappa shape index (κ1) is 11.3. The summed E-state index contributed by atoms with van der Waals surface area (Å²) in [5.41, 5.74) is 0. The Morgan fingerprint density at radius 1 is 1.31 bits per heavy atom. The minimum absolute atomic E-state index is 0.851. The molecule has 5 nitrogen and oxygen atoms in total. The lowest BCUT2D eigenvalue weighted by Gasteiger charge is -2.03. The highest BCUT2D eigenvalue weighted by atomic mass is 32.2. The molecule has 2 rings (SSSR count). The van der Waals surface area contributed by atoms with Crippen LogP contribution in [0.4, 0.5) is 5.82 Å². The monoisotopic (exact) mass is 253 g/mol. The van der Waals surface area contributed by atoms with E-state index >= 15 is 0 Å². The van der Waals surface area contributed by atoms with Crippen LogP contribution in [-0.2, 0) is 0 Å². The van der Waals surface area contributed by atoms with Crippen LogP contribution in [0.5, 0.6) is 0 Å². The second-order valence-corrected chi connectivity index (χ2v) is 5.03. The third kappa shape index (κ3) is 3.14. The van der Waals surface area contributed by atoms with Crippen LogP contribution in [0.2, 0.25) is 0 Å². The summed E-state index contributed by atoms with van der Waals surface area (Å²) < 4.78 is 4.83. The Bertz CT molecular complexity index is 431. The zero-order valence-corrected chi connectivity index (χ0v) is 10.4. The maximum Gasteiger partial charge on any atom is 0.175 e. The molecular formula is C9H11N5S2. The van der Waals surface area contributed by atoms with Crippen molar-refractivity contribution in [2.75, 3.05) is 11.9 Å². The molecule has 0 aliphatic rings. The first-order valence-corrected chi connectivity index (χ1v) is 6.48. The van der Waals surface area contributed by atoms with Crippen molar-refractivity contribution in [1.82, 2.24) is 19.3 Å². The summed E-state index contributed by atoms with van der Waals surface area (Å²) in [6.07, 6.45) is 4.18. The fourth-order valence-corrected chi connectivity index (χ4v) is 2.40. The van der Waals surface area contributed by atoms with Gasteiger partial charge in [0.05, 0.1) is 0 Å². The molecule has 0 unspecified atom stereocenters. The smallest absolute Gasteiger partial charge is 0.175 e. The van der Waals surface area contributed by atoms with E-state index in [1.807, 2.05) is 6.07 Å². The van der Waals surface area contributed by atoms with Crippen molar-refractivity contribution >= 4 is 29.1 Å². The lowest BCUT2D eigenvalue weighted by molar-refractivity contribution is 0.953. The Morgan fingerprint density at radius 2 is 2.25 bits per heavy atom. The van der Waals surface area contributed by atoms with E-state index in [-0.39, 0.29) is 0 Å². The molecule has 0 atom stereocenters. The SMILES string of the molecule is CCCNc1cc(Sc2ncns2)ncn1. The number of aromatic nitrogens is 4. The molecular weight excluding hydrogens is 242 g/mol. The number of nitrogens with one attached hydrogen (secondary N) is 1. The fourth-order valence-electron chi connectivity index (χ4n) is 1.04. The van der Waals surface area contributed by atoms with Gasteiger partial charge in [0.15, 0.2) is 4.34 Å². The Kier molecular flexibility index (Phi) is 4.06. The highest BCUT2D eigenvalue weighted by molar-refractivity contribution is 8.00. The molecule has 0 aliphatic carbocycles. The first-order chi connectivity index (χ1) is 7.88. The predicted octanol–water partition coefficient (Wildman–Crippen LogP) is 2.30. The van der Waals surface area contributed by atoms with Gasteiger partial charge in [0.1, 0.15) is 23.5 Å². The van der Waals surface area contributed by atoms with E-state index in [0.29, 0.717) is 0 Å². The molecule has 1 N–H and O–H groups in total. The maximum absolute atomic E-state index is 4.17. The maximum atomic E-state index is 4.17. The van der Waals surface area contributed by atoms with Crippen molar-refractivity contribution in [3.05, 3.63) is 18.7 Å². The lowest BCUT2D eigenvalue weighted by Crippen LogP contribution is -2.02. The Morgan fingerprint density at radius 3 is 3.00 bits per heavy atom. The van der Waals surface area contributed by atoms with Gasteiger partial charge in [-0.25, -0.2) is 15.0 Å². The van der Waals surface area contributed by atoms with Crippen molar-refractivity contribution in [2.45, 2.75) is 22.7 Å². The molecule has 0 saturated heterocycles. The van der Waals surface area contributed by atoms with Gasteiger partial charge in [0.25, 0.3) is 0 Å². The predicted molar refractivity (Wildman–Crippen MR) is 64.8 cm³/mol. The summed E-state index contributed by atoms with van der Waals surface area (Å²) in [6, 6.07) is 1.92. The molecule has 16 heavy (non-hydrogen) atoms. The van der Waals surface area contributed by atoms with Crippen LogP contribution in [0.15, 0.2) is 28.1 Å². The summed E-state index contributed by atoms with van der Waals surface area (Å²) in [5, 5.41) is 4.10. The molecule has 0 saturated carbocycles. The highest BCUT2D eigenvalue weighted by Crippen LogP contribution is 2.26. The molecule has 2 heterocycles. The Balaban J connectivity index is 2.04. The molecule has 0 amide bonds. The van der Waals surface area contributed by atoms with Gasteiger partial charge >= 0.3 is 0 Å². The van der Waals surface area contributed by atoms with E-state index in [2.05, 4.69) is 31.6 Å². The van der Waals surface area contributed by atoms with Gasteiger partial charge in [0, 0.05) is 12.6 Å². The molecule has 84 valence electrons. The molecule has 0 radical (unpaired) electrons. The summed E-state index contributed by atoms with van der Waals surface area (Å²) in [6.45, 7) is 3.03. The normalized spacial score (nSPS) is 10.3. The molecule has 2 aromatic rings. The van der Waals surface area contributed by atoms with E-state index in [4.69, 9.17) is 0 Å². The third-order valence-electron chi connectivity index (χ3n) is 1.73. The van der Waals surface area contributed by atoms with E-state index < -0.39 is 0 Å². The highest BCUT2D eigenvalue weighted by Gasteiger charge is 2.03. The standard InChI is InChI=1S/C9H11N5S2/c1-2-3-10-7-4-8(12-5-11-7)15-9-13-6-14-16-9/h4-6H,2-3H2,1H3,(H,10,11,12). The van der Waals surface area contributed by atoms with Crippen LogP contribution in [0.3, 0.4) is 0 Å². The molecule has 0 fully saturated rings. The zero-order valence-electron chi connectivity index (χ0n) is 8.75. The molecule has 7 heteroatoms. The van der Waals surface area contributed by atoms with Crippen LogP contribution in [0, 0.1) is 0 Å². The van der Waals surface area contributed by atoms with Crippen LogP contribution in [-0.4, -0.2) is 25.9 Å². The van der Waals surface area contributed by atoms with Crippen molar-refractivity contribution in [3.8, 4) is 0 Å². The van der Waals surface area contributed by atoms with Crippen molar-refractivity contribution in [1.29, 1.82) is 0 Å². The van der Waals surface area contributed by atoms with E-state index in [0.717, 1.165) is 28.1 Å². The number of hydrogen-bond acceptors (Lipinski definition) is 7. The van der Waals surface area contributed by atoms with Crippen molar-refractivity contribution < 1.29 is 0 Å². The quantitative estimate of drug-likeness (QED) is 0.825. The second-order valence-electron chi connectivity index (χ2n) is 2.98. The molecule has 0 spiro atoms. The third-order valence-corrected chi connectivity index (χ3v) is 3.38. The van der Waals surface area contributed by atoms with Gasteiger partial charge in [-0.15, -0.1) is 0 Å². The van der Waals surface area contributed by atoms with Crippen molar-refractivity contribution in [3.63, 3.8) is 0 Å². The van der Waals surface area contributed by atoms with Gasteiger partial charge in [0.2, 0.25) is 0 Å². The van der Waals surface area contributed by atoms with Crippen molar-refractivity contribution in [2.24, 2.45) is 0 Å². The summed E-state index contributed by atoms with van der Waals surface area (Å²) in [7, 11) is 0. The van der Waals surface area contributed by atoms with Gasteiger partial charge < -0.3 is 5.32 Å². The molecule has 0 aliphatic heterocycles. The van der Waals surface area contributed by atoms with E-state index in [1.54, 1.807) is 12.7 Å². The number of hydrogen-bond donors (Lipinski definition) is 1. The van der Waals surface area contributed by atoms with Crippen LogP contribution >= 0.6 is 23.3 Å². The summed E-state index contributed by atoms with van der Waals surface area (Å²) >= 11 is 2.86. The van der Waals surface area contributed by atoms with Gasteiger partial charge in [-0.3, -0.25) is 0 Å². The number of nitrogens with zero attached hydrogens (tertiary/aromatic N) is 4. The van der Waals surface area contributed by atoms with Gasteiger partial charge in [-0.05, 0) is 29.7 Å². The van der Waals surface area contributed by atoms with Gasteiger partial charge in [-0.2, -0.15) is 4.37 Å². The average Bonchev–Trinajstić information content (AvgIpc) is 2.80. The Hall–Kier alpha value is -1.21. The zero-order chi connectivity index (χ0) is 11.2. The van der Waals surface area contributed by atoms with Crippen LogP contribution in [0.25, 0.3) is 0 Å².